The summed E-state index contributed by atoms with van der Waals surface area (Å²) in [5.74, 6) is -0.970. The number of aryl methyl sites for hydroxylation is 1. The molecule has 9 nitrogen and oxygen atoms in total. The normalized spacial score (nSPS) is 11.7. The number of benzene rings is 2. The van der Waals surface area contributed by atoms with Crippen molar-refractivity contribution >= 4 is 5.69 Å². The molecule has 1 atom stereocenters. The summed E-state index contributed by atoms with van der Waals surface area (Å²) in [6, 6.07) is 11.8. The lowest BCUT2D eigenvalue weighted by Gasteiger charge is -2.19. The van der Waals surface area contributed by atoms with Crippen LogP contribution in [-0.4, -0.2) is 43.1 Å². The maximum absolute atomic E-state index is 15.6. The van der Waals surface area contributed by atoms with E-state index in [0.29, 0.717) is 12.1 Å². The molecule has 0 spiro atoms. The Bertz CT molecular complexity index is 1380. The van der Waals surface area contributed by atoms with Crippen molar-refractivity contribution < 1.29 is 14.2 Å². The molecule has 172 valence electrons. The van der Waals surface area contributed by atoms with Gasteiger partial charge in [-0.3, -0.25) is 4.98 Å². The van der Waals surface area contributed by atoms with Crippen LogP contribution in [-0.2, 0) is 6.42 Å². The number of halogens is 1. The quantitative estimate of drug-likeness (QED) is 0.391. The summed E-state index contributed by atoms with van der Waals surface area (Å²) in [6.07, 6.45) is 3.27. The Morgan fingerprint density at radius 3 is 2.65 bits per heavy atom. The van der Waals surface area contributed by atoms with E-state index in [1.165, 1.54) is 12.4 Å². The van der Waals surface area contributed by atoms with Gasteiger partial charge >= 0.3 is 5.69 Å². The van der Waals surface area contributed by atoms with Crippen LogP contribution in [0, 0.1) is 19.3 Å². The number of H-pyrrole nitrogens is 1. The number of hydrogen-bond donors (Lipinski definition) is 2. The van der Waals surface area contributed by atoms with E-state index in [9.17, 15) is 4.79 Å². The Balaban J connectivity index is 1.82. The van der Waals surface area contributed by atoms with Crippen LogP contribution in [0.2, 0.25) is 0 Å². The second kappa shape index (κ2) is 10.1. The zero-order valence-corrected chi connectivity index (χ0v) is 18.3. The molecule has 4 rings (SSSR count). The predicted octanol–water partition coefficient (Wildman–Crippen LogP) is 3.09. The molecule has 1 unspecified atom stereocenters. The molecule has 4 aromatic rings. The molecule has 0 aliphatic carbocycles. The SMILES string of the molecule is [C-]#[N+]c1ccc(CC(c2nn(-c3ncccn3)c(=O)[nH]2)c2cc(C)cc(OCCO)c2F)cc1. The van der Waals surface area contributed by atoms with Gasteiger partial charge in [0, 0.05) is 18.0 Å². The average molecular weight is 460 g/mol. The minimum Gasteiger partial charge on any atom is -0.488 e. The molecule has 10 heteroatoms. The van der Waals surface area contributed by atoms with Crippen LogP contribution in [0.25, 0.3) is 10.8 Å². The van der Waals surface area contributed by atoms with E-state index < -0.39 is 17.4 Å². The predicted molar refractivity (Wildman–Crippen MR) is 122 cm³/mol. The van der Waals surface area contributed by atoms with Crippen LogP contribution in [0.5, 0.6) is 5.75 Å². The summed E-state index contributed by atoms with van der Waals surface area (Å²) < 4.78 is 22.0. The summed E-state index contributed by atoms with van der Waals surface area (Å²) in [5, 5.41) is 13.5. The number of aliphatic hydroxyl groups is 1. The number of hydrogen-bond acceptors (Lipinski definition) is 6. The van der Waals surface area contributed by atoms with Gasteiger partial charge in [0.25, 0.3) is 5.95 Å². The first-order chi connectivity index (χ1) is 16.5. The fourth-order valence-corrected chi connectivity index (χ4v) is 3.61. The van der Waals surface area contributed by atoms with Gasteiger partial charge in [-0.15, -0.1) is 9.78 Å². The number of rotatable bonds is 8. The number of nitrogens with zero attached hydrogens (tertiary/aromatic N) is 5. The maximum atomic E-state index is 15.6. The van der Waals surface area contributed by atoms with Gasteiger partial charge < -0.3 is 9.84 Å². The zero-order chi connectivity index (χ0) is 24.1. The van der Waals surface area contributed by atoms with Gasteiger partial charge in [0.15, 0.2) is 17.3 Å². The van der Waals surface area contributed by atoms with E-state index in [0.717, 1.165) is 15.8 Å². The highest BCUT2D eigenvalue weighted by atomic mass is 19.1. The fraction of sp³-hybridized carbons (Fsp3) is 0.208. The van der Waals surface area contributed by atoms with Crippen LogP contribution in [0.4, 0.5) is 10.1 Å². The fourth-order valence-electron chi connectivity index (χ4n) is 3.61. The molecular formula is C24H21FN6O3. The minimum absolute atomic E-state index is 0.00516. The minimum atomic E-state index is -0.687. The van der Waals surface area contributed by atoms with Crippen molar-refractivity contribution in [3.8, 4) is 11.7 Å². The van der Waals surface area contributed by atoms with Crippen molar-refractivity contribution in [1.29, 1.82) is 0 Å². The van der Waals surface area contributed by atoms with E-state index in [2.05, 4.69) is 24.9 Å². The van der Waals surface area contributed by atoms with Gasteiger partial charge in [-0.05, 0) is 36.6 Å². The molecule has 0 aliphatic rings. The molecule has 2 heterocycles. The van der Waals surface area contributed by atoms with Crippen molar-refractivity contribution in [1.82, 2.24) is 24.7 Å². The summed E-state index contributed by atoms with van der Waals surface area (Å²) in [6.45, 7) is 8.63. The second-order valence-electron chi connectivity index (χ2n) is 7.55. The largest absolute Gasteiger partial charge is 0.488 e. The molecule has 0 aliphatic heterocycles. The summed E-state index contributed by atoms with van der Waals surface area (Å²) in [7, 11) is 0. The summed E-state index contributed by atoms with van der Waals surface area (Å²) >= 11 is 0. The highest BCUT2D eigenvalue weighted by molar-refractivity contribution is 5.46. The smallest absolute Gasteiger partial charge is 0.350 e. The molecule has 0 saturated heterocycles. The Kier molecular flexibility index (Phi) is 6.75. The Labute approximate surface area is 194 Å². The van der Waals surface area contributed by atoms with E-state index >= 15 is 4.39 Å². The van der Waals surface area contributed by atoms with E-state index in [-0.39, 0.29) is 36.3 Å². The monoisotopic (exact) mass is 460 g/mol. The molecular weight excluding hydrogens is 439 g/mol. The number of aromatic amines is 1. The van der Waals surface area contributed by atoms with Gasteiger partial charge in [0.1, 0.15) is 12.4 Å². The molecule has 0 radical (unpaired) electrons. The van der Waals surface area contributed by atoms with Crippen LogP contribution in [0.1, 0.15) is 28.4 Å². The number of nitrogens with one attached hydrogen (secondary N) is 1. The molecule has 2 aromatic heterocycles. The lowest BCUT2D eigenvalue weighted by Crippen LogP contribution is -2.18. The lowest BCUT2D eigenvalue weighted by atomic mass is 9.89. The topological polar surface area (TPSA) is 110 Å². The molecule has 0 fully saturated rings. The van der Waals surface area contributed by atoms with Crippen LogP contribution in [0.15, 0.2) is 59.7 Å². The van der Waals surface area contributed by atoms with Gasteiger partial charge in [0.2, 0.25) is 0 Å². The lowest BCUT2D eigenvalue weighted by molar-refractivity contribution is 0.196. The van der Waals surface area contributed by atoms with Gasteiger partial charge in [0.05, 0.1) is 19.1 Å². The van der Waals surface area contributed by atoms with Crippen molar-refractivity contribution in [3.05, 3.63) is 105 Å². The van der Waals surface area contributed by atoms with Crippen molar-refractivity contribution in [2.45, 2.75) is 19.3 Å². The maximum Gasteiger partial charge on any atom is 0.350 e. The standard InChI is InChI=1S/C24H21FN6O3/c1-15-12-18(21(25)20(13-15)34-11-10-32)19(14-16-4-6-17(26-2)7-5-16)22-29-24(33)31(30-22)23-27-8-3-9-28-23/h3-9,12-13,19,32H,10-11,14H2,1H3,(H,29,30,33). The molecule has 34 heavy (non-hydrogen) atoms. The first kappa shape index (κ1) is 22.8. The first-order valence-corrected chi connectivity index (χ1v) is 10.5. The van der Waals surface area contributed by atoms with Gasteiger partial charge in [-0.1, -0.05) is 30.3 Å². The Morgan fingerprint density at radius 1 is 1.24 bits per heavy atom. The van der Waals surface area contributed by atoms with Crippen LogP contribution in [0.3, 0.4) is 0 Å². The highest BCUT2D eigenvalue weighted by Gasteiger charge is 2.26. The number of aliphatic hydroxyl groups excluding tert-OH is 1. The highest BCUT2D eigenvalue weighted by Crippen LogP contribution is 2.33. The van der Waals surface area contributed by atoms with Crippen molar-refractivity contribution in [2.75, 3.05) is 13.2 Å². The van der Waals surface area contributed by atoms with Crippen molar-refractivity contribution in [3.63, 3.8) is 0 Å². The number of ether oxygens (including phenoxy) is 1. The molecule has 0 bridgehead atoms. The van der Waals surface area contributed by atoms with Crippen LogP contribution >= 0.6 is 0 Å². The van der Waals surface area contributed by atoms with E-state index in [1.54, 1.807) is 49.4 Å². The van der Waals surface area contributed by atoms with E-state index in [1.807, 2.05) is 0 Å². The molecule has 0 saturated carbocycles. The molecule has 0 amide bonds. The third-order valence-electron chi connectivity index (χ3n) is 5.15. The van der Waals surface area contributed by atoms with Gasteiger partial charge in [-0.2, -0.15) is 0 Å². The summed E-state index contributed by atoms with van der Waals surface area (Å²) in [5.41, 5.74) is 1.77. The summed E-state index contributed by atoms with van der Waals surface area (Å²) in [4.78, 5) is 26.9. The average Bonchev–Trinajstić information content (AvgIpc) is 3.25. The second-order valence-corrected chi connectivity index (χ2v) is 7.55. The van der Waals surface area contributed by atoms with Crippen molar-refractivity contribution in [2.24, 2.45) is 0 Å². The zero-order valence-electron chi connectivity index (χ0n) is 18.3. The molecule has 2 aromatic carbocycles. The first-order valence-electron chi connectivity index (χ1n) is 10.5. The van der Waals surface area contributed by atoms with Crippen LogP contribution < -0.4 is 10.4 Å². The van der Waals surface area contributed by atoms with E-state index in [4.69, 9.17) is 16.4 Å². The Morgan fingerprint density at radius 2 is 1.97 bits per heavy atom. The van der Waals surface area contributed by atoms with Gasteiger partial charge in [-0.25, -0.2) is 24.0 Å². The Hall–Kier alpha value is -4.36. The third-order valence-corrected chi connectivity index (χ3v) is 5.15. The number of aromatic nitrogens is 5. The molecule has 2 N–H and O–H groups in total. The third kappa shape index (κ3) is 4.84.